The van der Waals surface area contributed by atoms with E-state index >= 15 is 0 Å². The highest BCUT2D eigenvalue weighted by Crippen LogP contribution is 2.47. The molecule has 0 fully saturated rings. The molecule has 7 nitrogen and oxygen atoms in total. The SMILES string of the molecule is CC1(C)CC(=O)C2=C(C1)C(c1cccnc1)c1c([nH]c(=O)[nH]c1=O)N2. The Bertz CT molecular complexity index is 1010. The van der Waals surface area contributed by atoms with Gasteiger partial charge in [0.1, 0.15) is 5.82 Å². The minimum Gasteiger partial charge on any atom is -0.338 e. The van der Waals surface area contributed by atoms with E-state index < -0.39 is 17.2 Å². The fraction of sp³-hybridized carbons (Fsp3) is 0.333. The van der Waals surface area contributed by atoms with Gasteiger partial charge in [-0.05, 0) is 29.0 Å². The number of aromatic amines is 2. The molecule has 0 bridgehead atoms. The van der Waals surface area contributed by atoms with Crippen molar-refractivity contribution in [3.8, 4) is 0 Å². The molecular formula is C18H18N4O3. The Morgan fingerprint density at radius 2 is 1.96 bits per heavy atom. The Balaban J connectivity index is 2.02. The fourth-order valence-electron chi connectivity index (χ4n) is 3.85. The van der Waals surface area contributed by atoms with E-state index in [-0.39, 0.29) is 17.0 Å². The highest BCUT2D eigenvalue weighted by molar-refractivity contribution is 6.01. The van der Waals surface area contributed by atoms with Gasteiger partial charge in [-0.3, -0.25) is 24.5 Å². The van der Waals surface area contributed by atoms with E-state index in [0.29, 0.717) is 24.1 Å². The van der Waals surface area contributed by atoms with E-state index in [1.165, 1.54) is 0 Å². The Morgan fingerprint density at radius 3 is 2.68 bits per heavy atom. The second-order valence-electron chi connectivity index (χ2n) is 7.38. The number of aromatic nitrogens is 3. The molecule has 1 unspecified atom stereocenters. The molecule has 3 N–H and O–H groups in total. The molecule has 1 atom stereocenters. The van der Waals surface area contributed by atoms with Crippen molar-refractivity contribution in [3.63, 3.8) is 0 Å². The van der Waals surface area contributed by atoms with Crippen LogP contribution in [0.15, 0.2) is 45.4 Å². The molecule has 2 aromatic heterocycles. The Kier molecular flexibility index (Phi) is 3.28. The number of hydrogen-bond donors (Lipinski definition) is 3. The molecule has 1 aliphatic heterocycles. The summed E-state index contributed by atoms with van der Waals surface area (Å²) in [6, 6.07) is 3.68. The number of carbonyl (C=O) groups is 1. The molecule has 0 radical (unpaired) electrons. The third kappa shape index (κ3) is 2.52. The van der Waals surface area contributed by atoms with Crippen LogP contribution in [0, 0.1) is 5.41 Å². The number of carbonyl (C=O) groups excluding carboxylic acids is 1. The number of allylic oxidation sites excluding steroid dienone is 2. The second kappa shape index (κ2) is 5.27. The van der Waals surface area contributed by atoms with Crippen molar-refractivity contribution in [2.75, 3.05) is 5.32 Å². The highest BCUT2D eigenvalue weighted by Gasteiger charge is 2.41. The molecule has 0 amide bonds. The number of ketones is 1. The van der Waals surface area contributed by atoms with Crippen molar-refractivity contribution in [3.05, 3.63) is 67.8 Å². The molecule has 4 rings (SSSR count). The van der Waals surface area contributed by atoms with Gasteiger partial charge in [-0.25, -0.2) is 4.79 Å². The number of pyridine rings is 1. The van der Waals surface area contributed by atoms with Crippen LogP contribution in [-0.4, -0.2) is 20.7 Å². The van der Waals surface area contributed by atoms with Crippen LogP contribution in [0.4, 0.5) is 5.82 Å². The maximum Gasteiger partial charge on any atom is 0.327 e. The lowest BCUT2D eigenvalue weighted by Crippen LogP contribution is -2.38. The molecule has 0 spiro atoms. The van der Waals surface area contributed by atoms with Gasteiger partial charge in [0.2, 0.25) is 0 Å². The first kappa shape index (κ1) is 15.6. The number of H-pyrrole nitrogens is 2. The first-order valence-electron chi connectivity index (χ1n) is 8.15. The average molecular weight is 338 g/mol. The molecule has 0 saturated heterocycles. The summed E-state index contributed by atoms with van der Waals surface area (Å²) >= 11 is 0. The van der Waals surface area contributed by atoms with Gasteiger partial charge < -0.3 is 5.32 Å². The maximum atomic E-state index is 12.7. The largest absolute Gasteiger partial charge is 0.338 e. The summed E-state index contributed by atoms with van der Waals surface area (Å²) in [5, 5.41) is 3.00. The van der Waals surface area contributed by atoms with Gasteiger partial charge >= 0.3 is 5.69 Å². The third-order valence-electron chi connectivity index (χ3n) is 4.79. The number of nitrogens with zero attached hydrogens (tertiary/aromatic N) is 1. The van der Waals surface area contributed by atoms with E-state index in [9.17, 15) is 14.4 Å². The summed E-state index contributed by atoms with van der Waals surface area (Å²) in [5.74, 6) is -0.134. The van der Waals surface area contributed by atoms with Crippen LogP contribution < -0.4 is 16.6 Å². The Hall–Kier alpha value is -2.96. The second-order valence-corrected chi connectivity index (χ2v) is 7.38. The van der Waals surface area contributed by atoms with Crippen molar-refractivity contribution in [2.45, 2.75) is 32.6 Å². The van der Waals surface area contributed by atoms with Crippen molar-refractivity contribution in [2.24, 2.45) is 5.41 Å². The van der Waals surface area contributed by atoms with Crippen LogP contribution in [0.2, 0.25) is 0 Å². The zero-order chi connectivity index (χ0) is 17.8. The monoisotopic (exact) mass is 338 g/mol. The van der Waals surface area contributed by atoms with Gasteiger partial charge in [-0.2, -0.15) is 0 Å². The smallest absolute Gasteiger partial charge is 0.327 e. The van der Waals surface area contributed by atoms with Gasteiger partial charge in [-0.1, -0.05) is 19.9 Å². The van der Waals surface area contributed by atoms with Crippen LogP contribution in [0.25, 0.3) is 0 Å². The number of rotatable bonds is 1. The van der Waals surface area contributed by atoms with E-state index in [0.717, 1.165) is 11.1 Å². The van der Waals surface area contributed by atoms with Crippen LogP contribution in [-0.2, 0) is 4.79 Å². The van der Waals surface area contributed by atoms with Gasteiger partial charge in [0.15, 0.2) is 5.78 Å². The molecule has 3 heterocycles. The quantitative estimate of drug-likeness (QED) is 0.733. The molecule has 128 valence electrons. The molecule has 0 aromatic carbocycles. The lowest BCUT2D eigenvalue weighted by atomic mass is 9.68. The van der Waals surface area contributed by atoms with E-state index in [2.05, 4.69) is 20.3 Å². The predicted molar refractivity (Wildman–Crippen MR) is 92.4 cm³/mol. The first-order chi connectivity index (χ1) is 11.9. The normalized spacial score (nSPS) is 21.4. The predicted octanol–water partition coefficient (Wildman–Crippen LogP) is 1.66. The van der Waals surface area contributed by atoms with Crippen LogP contribution in [0.5, 0.6) is 0 Å². The standard InChI is InChI=1S/C18H18N4O3/c1-18(2)6-10-12(9-4-3-5-19-8-9)13-15(20-14(10)11(23)7-18)21-17(25)22-16(13)24/h3-5,8,12H,6-7H2,1-2H3,(H3,20,21,22,24,25). The van der Waals surface area contributed by atoms with Gasteiger partial charge in [-0.15, -0.1) is 0 Å². The van der Waals surface area contributed by atoms with Crippen molar-refractivity contribution >= 4 is 11.6 Å². The molecule has 0 saturated carbocycles. The first-order valence-corrected chi connectivity index (χ1v) is 8.15. The molecule has 7 heteroatoms. The van der Waals surface area contributed by atoms with Crippen LogP contribution in [0.3, 0.4) is 0 Å². The minimum atomic E-state index is -0.603. The van der Waals surface area contributed by atoms with E-state index in [4.69, 9.17) is 0 Å². The average Bonchev–Trinajstić information content (AvgIpc) is 2.53. The maximum absolute atomic E-state index is 12.7. The molecule has 2 aromatic rings. The number of anilines is 1. The fourth-order valence-corrected chi connectivity index (χ4v) is 3.85. The minimum absolute atomic E-state index is 0.00748. The van der Waals surface area contributed by atoms with Crippen molar-refractivity contribution in [1.82, 2.24) is 15.0 Å². The lowest BCUT2D eigenvalue weighted by Gasteiger charge is -2.39. The Morgan fingerprint density at radius 1 is 1.16 bits per heavy atom. The number of Topliss-reactive ketones (excluding diaryl/α,β-unsaturated/α-hetero) is 1. The molecular weight excluding hydrogens is 320 g/mol. The van der Waals surface area contributed by atoms with Gasteiger partial charge in [0, 0.05) is 24.7 Å². The van der Waals surface area contributed by atoms with Gasteiger partial charge in [0.25, 0.3) is 5.56 Å². The van der Waals surface area contributed by atoms with Crippen LogP contribution in [0.1, 0.15) is 43.7 Å². The summed E-state index contributed by atoms with van der Waals surface area (Å²) in [6.07, 6.45) is 4.45. The van der Waals surface area contributed by atoms with E-state index in [1.807, 2.05) is 19.9 Å². The van der Waals surface area contributed by atoms with Crippen molar-refractivity contribution < 1.29 is 4.79 Å². The summed E-state index contributed by atoms with van der Waals surface area (Å²) in [7, 11) is 0. The summed E-state index contributed by atoms with van der Waals surface area (Å²) in [5.41, 5.74) is 1.35. The zero-order valence-electron chi connectivity index (χ0n) is 14.0. The summed E-state index contributed by atoms with van der Waals surface area (Å²) in [6.45, 7) is 4.09. The van der Waals surface area contributed by atoms with Crippen LogP contribution >= 0.6 is 0 Å². The highest BCUT2D eigenvalue weighted by atomic mass is 16.2. The topological polar surface area (TPSA) is 108 Å². The Labute approximate surface area is 143 Å². The summed E-state index contributed by atoms with van der Waals surface area (Å²) < 4.78 is 0. The summed E-state index contributed by atoms with van der Waals surface area (Å²) in [4.78, 5) is 46.0. The molecule has 25 heavy (non-hydrogen) atoms. The number of hydrogen-bond acceptors (Lipinski definition) is 5. The third-order valence-corrected chi connectivity index (χ3v) is 4.79. The molecule has 2 aliphatic rings. The van der Waals surface area contributed by atoms with Gasteiger partial charge in [0.05, 0.1) is 11.3 Å². The number of nitrogens with one attached hydrogen (secondary N) is 3. The zero-order valence-corrected chi connectivity index (χ0v) is 14.0. The lowest BCUT2D eigenvalue weighted by molar-refractivity contribution is -0.118. The van der Waals surface area contributed by atoms with E-state index in [1.54, 1.807) is 18.5 Å². The number of fused-ring (bicyclic) bond motifs is 1. The molecule has 1 aliphatic carbocycles. The van der Waals surface area contributed by atoms with Crippen molar-refractivity contribution in [1.29, 1.82) is 0 Å².